The van der Waals surface area contributed by atoms with Crippen molar-refractivity contribution in [3.05, 3.63) is 0 Å². The quantitative estimate of drug-likeness (QED) is 0.673. The Morgan fingerprint density at radius 1 is 1.25 bits per heavy atom. The summed E-state index contributed by atoms with van der Waals surface area (Å²) < 4.78 is 5.15. The van der Waals surface area contributed by atoms with Gasteiger partial charge in [-0.05, 0) is 52.9 Å². The highest BCUT2D eigenvalue weighted by molar-refractivity contribution is 5.75. The van der Waals surface area contributed by atoms with Crippen molar-refractivity contribution >= 4 is 5.97 Å². The molecule has 0 saturated carbocycles. The predicted octanol–water partition coefficient (Wildman–Crippen LogP) is 0.945. The van der Waals surface area contributed by atoms with E-state index in [1.807, 2.05) is 6.92 Å². The van der Waals surface area contributed by atoms with E-state index in [0.717, 1.165) is 45.6 Å². The van der Waals surface area contributed by atoms with E-state index < -0.39 is 0 Å². The predicted molar refractivity (Wildman–Crippen MR) is 81.9 cm³/mol. The molecule has 0 aromatic carbocycles. The van der Waals surface area contributed by atoms with Crippen molar-refractivity contribution in [3.8, 4) is 0 Å². The highest BCUT2D eigenvalue weighted by Gasteiger charge is 2.20. The van der Waals surface area contributed by atoms with Crippen LogP contribution in [0.25, 0.3) is 0 Å². The average molecular weight is 285 g/mol. The molecule has 0 bridgehead atoms. The Morgan fingerprint density at radius 3 is 2.75 bits per heavy atom. The maximum absolute atomic E-state index is 11.9. The monoisotopic (exact) mass is 285 g/mol. The molecule has 5 heteroatoms. The summed E-state index contributed by atoms with van der Waals surface area (Å²) in [6, 6.07) is -0.157. The van der Waals surface area contributed by atoms with Crippen LogP contribution in [0.15, 0.2) is 0 Å². The first-order chi connectivity index (χ1) is 9.67. The molecular formula is C15H31N3O2. The third-order valence-electron chi connectivity index (χ3n) is 3.76. The molecule has 1 heterocycles. The summed E-state index contributed by atoms with van der Waals surface area (Å²) in [5.41, 5.74) is 0. The Balaban J connectivity index is 2.37. The number of ether oxygens (including phenoxy) is 1. The van der Waals surface area contributed by atoms with Gasteiger partial charge in [-0.1, -0.05) is 6.92 Å². The van der Waals surface area contributed by atoms with E-state index in [1.54, 1.807) is 0 Å². The molecule has 1 aliphatic rings. The van der Waals surface area contributed by atoms with Crippen LogP contribution in [0.4, 0.5) is 0 Å². The van der Waals surface area contributed by atoms with Gasteiger partial charge in [-0.25, -0.2) is 0 Å². The Labute approximate surface area is 123 Å². The highest BCUT2D eigenvalue weighted by Crippen LogP contribution is 2.05. The lowest BCUT2D eigenvalue weighted by atomic mass is 10.2. The van der Waals surface area contributed by atoms with Crippen LogP contribution in [0.5, 0.6) is 0 Å². The second-order valence-corrected chi connectivity index (χ2v) is 5.55. The van der Waals surface area contributed by atoms with Crippen LogP contribution in [0.1, 0.15) is 33.1 Å². The van der Waals surface area contributed by atoms with Gasteiger partial charge in [-0.2, -0.15) is 0 Å². The number of carbonyl (C=O) groups is 1. The van der Waals surface area contributed by atoms with Gasteiger partial charge < -0.3 is 19.9 Å². The highest BCUT2D eigenvalue weighted by atomic mass is 16.5. The lowest BCUT2D eigenvalue weighted by Crippen LogP contribution is -2.42. The molecule has 1 unspecified atom stereocenters. The van der Waals surface area contributed by atoms with Gasteiger partial charge in [-0.15, -0.1) is 0 Å². The molecule has 0 aliphatic carbocycles. The molecule has 1 N–H and O–H groups in total. The van der Waals surface area contributed by atoms with Crippen molar-refractivity contribution in [2.75, 3.05) is 52.9 Å². The Hall–Kier alpha value is -0.650. The third-order valence-corrected chi connectivity index (χ3v) is 3.76. The van der Waals surface area contributed by atoms with Crippen LogP contribution in [-0.2, 0) is 9.53 Å². The Kier molecular flexibility index (Phi) is 8.82. The van der Waals surface area contributed by atoms with E-state index in [1.165, 1.54) is 13.0 Å². The maximum Gasteiger partial charge on any atom is 0.323 e. The summed E-state index contributed by atoms with van der Waals surface area (Å²) >= 11 is 0. The number of carbonyl (C=O) groups excluding carboxylic acids is 1. The smallest absolute Gasteiger partial charge is 0.323 e. The number of nitrogens with one attached hydrogen (secondary N) is 1. The van der Waals surface area contributed by atoms with Crippen molar-refractivity contribution in [2.45, 2.75) is 39.2 Å². The molecule has 1 atom stereocenters. The van der Waals surface area contributed by atoms with Crippen molar-refractivity contribution in [2.24, 2.45) is 0 Å². The zero-order valence-electron chi connectivity index (χ0n) is 13.4. The molecule has 0 aromatic heterocycles. The SMILES string of the molecule is CCCNC(CCN1CCCN(C)CC1)C(=O)OCC. The molecule has 118 valence electrons. The first-order valence-corrected chi connectivity index (χ1v) is 7.98. The molecule has 5 nitrogen and oxygen atoms in total. The minimum absolute atomic E-state index is 0.104. The lowest BCUT2D eigenvalue weighted by molar-refractivity contribution is -0.145. The molecule has 20 heavy (non-hydrogen) atoms. The molecule has 0 radical (unpaired) electrons. The topological polar surface area (TPSA) is 44.8 Å². The zero-order valence-corrected chi connectivity index (χ0v) is 13.4. The maximum atomic E-state index is 11.9. The largest absolute Gasteiger partial charge is 0.465 e. The van der Waals surface area contributed by atoms with E-state index >= 15 is 0 Å². The molecule has 0 spiro atoms. The van der Waals surface area contributed by atoms with E-state index in [0.29, 0.717) is 6.61 Å². The molecule has 0 aromatic rings. The Bertz CT molecular complexity index is 274. The lowest BCUT2D eigenvalue weighted by Gasteiger charge is -2.23. The van der Waals surface area contributed by atoms with Crippen LogP contribution in [-0.4, -0.2) is 74.7 Å². The van der Waals surface area contributed by atoms with Gasteiger partial charge in [0.25, 0.3) is 0 Å². The average Bonchev–Trinajstić information content (AvgIpc) is 2.64. The van der Waals surface area contributed by atoms with Crippen molar-refractivity contribution < 1.29 is 9.53 Å². The van der Waals surface area contributed by atoms with E-state index in [2.05, 4.69) is 29.1 Å². The number of esters is 1. The number of likely N-dealkylation sites (N-methyl/N-ethyl adjacent to an activating group) is 1. The summed E-state index contributed by atoms with van der Waals surface area (Å²) in [6.07, 6.45) is 3.08. The van der Waals surface area contributed by atoms with Crippen LogP contribution in [0.3, 0.4) is 0 Å². The minimum Gasteiger partial charge on any atom is -0.465 e. The van der Waals surface area contributed by atoms with Crippen LogP contribution >= 0.6 is 0 Å². The molecule has 1 saturated heterocycles. The minimum atomic E-state index is -0.157. The molecular weight excluding hydrogens is 254 g/mol. The van der Waals surface area contributed by atoms with E-state index in [9.17, 15) is 4.79 Å². The summed E-state index contributed by atoms with van der Waals surface area (Å²) in [5, 5.41) is 3.31. The van der Waals surface area contributed by atoms with Crippen LogP contribution in [0, 0.1) is 0 Å². The number of hydrogen-bond acceptors (Lipinski definition) is 5. The van der Waals surface area contributed by atoms with Gasteiger partial charge >= 0.3 is 5.97 Å². The van der Waals surface area contributed by atoms with Gasteiger partial charge in [0.2, 0.25) is 0 Å². The van der Waals surface area contributed by atoms with E-state index in [4.69, 9.17) is 4.74 Å². The second kappa shape index (κ2) is 10.1. The van der Waals surface area contributed by atoms with Gasteiger partial charge in [-0.3, -0.25) is 4.79 Å². The van der Waals surface area contributed by atoms with Gasteiger partial charge in [0.15, 0.2) is 0 Å². The van der Waals surface area contributed by atoms with Crippen molar-refractivity contribution in [1.82, 2.24) is 15.1 Å². The van der Waals surface area contributed by atoms with Crippen molar-refractivity contribution in [3.63, 3.8) is 0 Å². The number of hydrogen-bond donors (Lipinski definition) is 1. The molecule has 1 rings (SSSR count). The van der Waals surface area contributed by atoms with Crippen LogP contribution < -0.4 is 5.32 Å². The van der Waals surface area contributed by atoms with E-state index in [-0.39, 0.29) is 12.0 Å². The first-order valence-electron chi connectivity index (χ1n) is 7.98. The normalized spacial score (nSPS) is 19.6. The summed E-state index contributed by atoms with van der Waals surface area (Å²) in [6.45, 7) is 10.8. The summed E-state index contributed by atoms with van der Waals surface area (Å²) in [7, 11) is 2.17. The fourth-order valence-corrected chi connectivity index (χ4v) is 2.50. The second-order valence-electron chi connectivity index (χ2n) is 5.55. The summed E-state index contributed by atoms with van der Waals surface area (Å²) in [5.74, 6) is -0.104. The van der Waals surface area contributed by atoms with Gasteiger partial charge in [0.1, 0.15) is 6.04 Å². The number of nitrogens with zero attached hydrogens (tertiary/aromatic N) is 2. The third kappa shape index (κ3) is 6.68. The molecule has 0 amide bonds. The van der Waals surface area contributed by atoms with Gasteiger partial charge in [0.05, 0.1) is 6.61 Å². The molecule has 1 aliphatic heterocycles. The first kappa shape index (κ1) is 17.4. The van der Waals surface area contributed by atoms with Gasteiger partial charge in [0, 0.05) is 19.6 Å². The fourth-order valence-electron chi connectivity index (χ4n) is 2.50. The zero-order chi connectivity index (χ0) is 14.8. The Morgan fingerprint density at radius 2 is 2.05 bits per heavy atom. The van der Waals surface area contributed by atoms with Crippen LogP contribution in [0.2, 0.25) is 0 Å². The summed E-state index contributed by atoms with van der Waals surface area (Å²) in [4.78, 5) is 16.8. The standard InChI is InChI=1S/C15H31N3O2/c1-4-8-16-14(15(19)20-5-2)7-11-18-10-6-9-17(3)12-13-18/h14,16H,4-13H2,1-3H3. The van der Waals surface area contributed by atoms with Crippen molar-refractivity contribution in [1.29, 1.82) is 0 Å². The molecule has 1 fully saturated rings. The number of rotatable bonds is 8. The fraction of sp³-hybridized carbons (Fsp3) is 0.933.